The van der Waals surface area contributed by atoms with Crippen molar-refractivity contribution < 1.29 is 0 Å². The predicted molar refractivity (Wildman–Crippen MR) is 171 cm³/mol. The van der Waals surface area contributed by atoms with Gasteiger partial charge in [0, 0.05) is 34.4 Å². The van der Waals surface area contributed by atoms with Crippen molar-refractivity contribution in [3.05, 3.63) is 152 Å². The van der Waals surface area contributed by atoms with Crippen molar-refractivity contribution in [1.82, 2.24) is 4.57 Å². The first-order valence-corrected chi connectivity index (χ1v) is 13.9. The minimum atomic E-state index is 0.898. The standard InChI is InChI=1S/C38H30N2/c1-2-39(32-22-17-29(18-23-32)28-11-5-3-6-12-28)33-24-19-30(20-25-33)31-21-26-38-36(27-31)35-15-9-10-16-37(35)40(38)34-13-7-4-8-14-34/h3-27H,2H2,1H3. The van der Waals surface area contributed by atoms with Gasteiger partial charge in [0.1, 0.15) is 0 Å². The first-order chi connectivity index (χ1) is 19.8. The average molecular weight is 515 g/mol. The maximum Gasteiger partial charge on any atom is 0.0541 e. The zero-order valence-corrected chi connectivity index (χ0v) is 22.5. The van der Waals surface area contributed by atoms with Crippen LogP contribution in [0.3, 0.4) is 0 Å². The van der Waals surface area contributed by atoms with Gasteiger partial charge in [-0.15, -0.1) is 0 Å². The summed E-state index contributed by atoms with van der Waals surface area (Å²) in [5, 5.41) is 2.55. The Morgan fingerprint density at radius 1 is 0.450 bits per heavy atom. The highest BCUT2D eigenvalue weighted by molar-refractivity contribution is 6.10. The third kappa shape index (κ3) is 4.24. The Bertz CT molecular complexity index is 1900. The molecule has 192 valence electrons. The molecule has 0 aliphatic rings. The van der Waals surface area contributed by atoms with Crippen molar-refractivity contribution in [3.63, 3.8) is 0 Å². The maximum atomic E-state index is 2.36. The van der Waals surface area contributed by atoms with Crippen molar-refractivity contribution >= 4 is 33.2 Å². The summed E-state index contributed by atoms with van der Waals surface area (Å²) >= 11 is 0. The fourth-order valence-corrected chi connectivity index (χ4v) is 5.82. The molecule has 2 nitrogen and oxygen atoms in total. The average Bonchev–Trinajstić information content (AvgIpc) is 3.37. The summed E-state index contributed by atoms with van der Waals surface area (Å²) in [6, 6.07) is 54.5. The molecule has 0 radical (unpaired) electrons. The van der Waals surface area contributed by atoms with Crippen molar-refractivity contribution in [2.75, 3.05) is 11.4 Å². The first kappa shape index (κ1) is 24.0. The van der Waals surface area contributed by atoms with Crippen LogP contribution >= 0.6 is 0 Å². The first-order valence-electron chi connectivity index (χ1n) is 13.9. The van der Waals surface area contributed by atoms with Gasteiger partial charge >= 0.3 is 0 Å². The summed E-state index contributed by atoms with van der Waals surface area (Å²) in [6.45, 7) is 3.10. The smallest absolute Gasteiger partial charge is 0.0541 e. The number of benzene rings is 6. The lowest BCUT2D eigenvalue weighted by Crippen LogP contribution is -2.15. The second kappa shape index (κ2) is 10.2. The SMILES string of the molecule is CCN(c1ccc(-c2ccccc2)cc1)c1ccc(-c2ccc3c(c2)c2ccccc2n3-c2ccccc2)cc1. The molecular weight excluding hydrogens is 484 g/mol. The van der Waals surface area contributed by atoms with E-state index in [1.54, 1.807) is 0 Å². The van der Waals surface area contributed by atoms with Gasteiger partial charge in [0.2, 0.25) is 0 Å². The van der Waals surface area contributed by atoms with Crippen LogP contribution in [0.5, 0.6) is 0 Å². The molecule has 0 bridgehead atoms. The van der Waals surface area contributed by atoms with Crippen molar-refractivity contribution in [2.24, 2.45) is 0 Å². The van der Waals surface area contributed by atoms with Crippen LogP contribution in [-0.4, -0.2) is 11.1 Å². The molecule has 1 heterocycles. The molecule has 0 aliphatic carbocycles. The van der Waals surface area contributed by atoms with Gasteiger partial charge in [-0.05, 0) is 83.8 Å². The van der Waals surface area contributed by atoms with Gasteiger partial charge in [0.25, 0.3) is 0 Å². The number of fused-ring (bicyclic) bond motifs is 3. The summed E-state index contributed by atoms with van der Waals surface area (Å²) in [4.78, 5) is 2.36. The molecule has 0 N–H and O–H groups in total. The highest BCUT2D eigenvalue weighted by atomic mass is 15.1. The van der Waals surface area contributed by atoms with Crippen LogP contribution in [0.4, 0.5) is 11.4 Å². The highest BCUT2D eigenvalue weighted by Crippen LogP contribution is 2.36. The lowest BCUT2D eigenvalue weighted by Gasteiger charge is -2.24. The van der Waals surface area contributed by atoms with E-state index in [0.717, 1.165) is 6.54 Å². The van der Waals surface area contributed by atoms with Crippen molar-refractivity contribution in [3.8, 4) is 27.9 Å². The number of nitrogens with zero attached hydrogens (tertiary/aromatic N) is 2. The molecule has 0 unspecified atom stereocenters. The van der Waals surface area contributed by atoms with Crippen LogP contribution in [-0.2, 0) is 0 Å². The van der Waals surface area contributed by atoms with E-state index in [0.29, 0.717) is 0 Å². The van der Waals surface area contributed by atoms with Gasteiger partial charge in [0.05, 0.1) is 11.0 Å². The minimum Gasteiger partial charge on any atom is -0.342 e. The third-order valence-electron chi connectivity index (χ3n) is 7.80. The number of para-hydroxylation sites is 2. The zero-order chi connectivity index (χ0) is 26.9. The van der Waals surface area contributed by atoms with E-state index < -0.39 is 0 Å². The van der Waals surface area contributed by atoms with Gasteiger partial charge in [-0.1, -0.05) is 97.1 Å². The van der Waals surface area contributed by atoms with E-state index in [4.69, 9.17) is 0 Å². The fourth-order valence-electron chi connectivity index (χ4n) is 5.82. The third-order valence-corrected chi connectivity index (χ3v) is 7.80. The summed E-state index contributed by atoms with van der Waals surface area (Å²) in [5.74, 6) is 0. The van der Waals surface area contributed by atoms with E-state index in [9.17, 15) is 0 Å². The largest absolute Gasteiger partial charge is 0.342 e. The Kier molecular flexibility index (Phi) is 6.14. The van der Waals surface area contributed by atoms with Gasteiger partial charge in [-0.3, -0.25) is 0 Å². The lowest BCUT2D eigenvalue weighted by atomic mass is 10.0. The van der Waals surface area contributed by atoms with Crippen LogP contribution in [0, 0.1) is 0 Å². The van der Waals surface area contributed by atoms with Gasteiger partial charge in [-0.2, -0.15) is 0 Å². The molecule has 0 saturated heterocycles. The predicted octanol–water partition coefficient (Wildman–Crippen LogP) is 10.3. The molecule has 1 aromatic heterocycles. The molecular formula is C38H30N2. The highest BCUT2D eigenvalue weighted by Gasteiger charge is 2.13. The molecule has 0 fully saturated rings. The van der Waals surface area contributed by atoms with Crippen LogP contribution in [0.15, 0.2) is 152 Å². The second-order valence-corrected chi connectivity index (χ2v) is 10.1. The van der Waals surface area contributed by atoms with Gasteiger partial charge < -0.3 is 9.47 Å². The number of hydrogen-bond donors (Lipinski definition) is 0. The Hall–Kier alpha value is -5.08. The molecule has 7 rings (SSSR count). The quantitative estimate of drug-likeness (QED) is 0.214. The Morgan fingerprint density at radius 3 is 1.60 bits per heavy atom. The minimum absolute atomic E-state index is 0.898. The number of rotatable bonds is 6. The topological polar surface area (TPSA) is 8.17 Å². The number of aromatic nitrogens is 1. The molecule has 6 aromatic carbocycles. The van der Waals surface area contributed by atoms with Crippen LogP contribution in [0.2, 0.25) is 0 Å². The van der Waals surface area contributed by atoms with Crippen LogP contribution in [0.25, 0.3) is 49.7 Å². The fraction of sp³-hybridized carbons (Fsp3) is 0.0526. The number of anilines is 2. The monoisotopic (exact) mass is 514 g/mol. The van der Waals surface area contributed by atoms with Gasteiger partial charge in [-0.25, -0.2) is 0 Å². The molecule has 0 amide bonds. The van der Waals surface area contributed by atoms with E-state index >= 15 is 0 Å². The summed E-state index contributed by atoms with van der Waals surface area (Å²) in [7, 11) is 0. The number of hydrogen-bond acceptors (Lipinski definition) is 1. The molecule has 0 aliphatic heterocycles. The summed E-state index contributed by atoms with van der Waals surface area (Å²) < 4.78 is 2.36. The van der Waals surface area contributed by atoms with Gasteiger partial charge in [0.15, 0.2) is 0 Å². The van der Waals surface area contributed by atoms with E-state index in [1.165, 1.54) is 61.1 Å². The molecule has 2 heteroatoms. The summed E-state index contributed by atoms with van der Waals surface area (Å²) in [5.41, 5.74) is 11.0. The second-order valence-electron chi connectivity index (χ2n) is 10.1. The van der Waals surface area contributed by atoms with Crippen LogP contribution in [0.1, 0.15) is 6.92 Å². The lowest BCUT2D eigenvalue weighted by molar-refractivity contribution is 1.02. The maximum absolute atomic E-state index is 2.36. The normalized spacial score (nSPS) is 11.2. The zero-order valence-electron chi connectivity index (χ0n) is 22.5. The van der Waals surface area contributed by atoms with Crippen molar-refractivity contribution in [1.29, 1.82) is 0 Å². The van der Waals surface area contributed by atoms with E-state index in [1.807, 2.05) is 0 Å². The Morgan fingerprint density at radius 2 is 0.950 bits per heavy atom. The summed E-state index contributed by atoms with van der Waals surface area (Å²) in [6.07, 6.45) is 0. The Labute approximate surface area is 235 Å². The molecule has 0 atom stereocenters. The molecule has 0 saturated carbocycles. The van der Waals surface area contributed by atoms with E-state index in [-0.39, 0.29) is 0 Å². The van der Waals surface area contributed by atoms with Crippen LogP contribution < -0.4 is 4.90 Å². The molecule has 40 heavy (non-hydrogen) atoms. The Balaban J connectivity index is 1.22. The molecule has 7 aromatic rings. The van der Waals surface area contributed by atoms with Crippen molar-refractivity contribution in [2.45, 2.75) is 6.92 Å². The van der Waals surface area contributed by atoms with E-state index in [2.05, 4.69) is 168 Å². The molecule has 0 spiro atoms.